The summed E-state index contributed by atoms with van der Waals surface area (Å²) in [6, 6.07) is 6.52. The number of hydrogen-bond acceptors (Lipinski definition) is 7. The number of rotatable bonds is 8. The van der Waals surface area contributed by atoms with Gasteiger partial charge in [-0.1, -0.05) is 0 Å². The zero-order valence-electron chi connectivity index (χ0n) is 19.9. The number of nitrogens with one attached hydrogen (secondary N) is 1. The van der Waals surface area contributed by atoms with Crippen LogP contribution in [0.3, 0.4) is 0 Å². The van der Waals surface area contributed by atoms with E-state index in [0.29, 0.717) is 24.3 Å². The van der Waals surface area contributed by atoms with Gasteiger partial charge in [-0.2, -0.15) is 19.0 Å². The minimum Gasteiger partial charge on any atom is -0.434 e. The molecule has 13 heteroatoms. The van der Waals surface area contributed by atoms with Gasteiger partial charge in [-0.15, -0.1) is 11.8 Å². The number of alkyl halides is 2. The van der Waals surface area contributed by atoms with Gasteiger partial charge in [-0.3, -0.25) is 9.48 Å². The molecule has 5 rings (SSSR count). The molecule has 0 unspecified atom stereocenters. The Labute approximate surface area is 215 Å². The number of fused-ring (bicyclic) bond motifs is 1. The van der Waals surface area contributed by atoms with Crippen molar-refractivity contribution < 1.29 is 18.3 Å². The van der Waals surface area contributed by atoms with E-state index >= 15 is 0 Å². The van der Waals surface area contributed by atoms with Gasteiger partial charge in [0.05, 0.1) is 18.1 Å². The standard InChI is InChI=1S/C24H22F2N8O2S/c1-27-12-24(13-32(2)14-24)34-11-18(30-22(35)17-10-29-33-8-4-7-28-21(17)33)20(31-34)16-9-15(37-3)5-6-19(16)36-23(25)26/h4-11,23H,12-14H2,2-3H3,(H,30,35). The van der Waals surface area contributed by atoms with Crippen molar-refractivity contribution in [3.63, 3.8) is 0 Å². The molecule has 1 aliphatic rings. The maximum Gasteiger partial charge on any atom is 0.387 e. The van der Waals surface area contributed by atoms with E-state index < -0.39 is 18.1 Å². The van der Waals surface area contributed by atoms with Crippen LogP contribution < -0.4 is 10.1 Å². The van der Waals surface area contributed by atoms with E-state index in [2.05, 4.69) is 25.1 Å². The smallest absolute Gasteiger partial charge is 0.387 e. The van der Waals surface area contributed by atoms with Crippen LogP contribution in [0.4, 0.5) is 14.5 Å². The number of aromatic nitrogens is 5. The van der Waals surface area contributed by atoms with Gasteiger partial charge in [0.1, 0.15) is 17.0 Å². The second-order valence-electron chi connectivity index (χ2n) is 8.69. The molecule has 0 spiro atoms. The highest BCUT2D eigenvalue weighted by atomic mass is 32.2. The molecule has 4 aromatic rings. The van der Waals surface area contributed by atoms with E-state index in [9.17, 15) is 13.6 Å². The number of ether oxygens (including phenoxy) is 1. The summed E-state index contributed by atoms with van der Waals surface area (Å²) in [6.45, 7) is 5.74. The molecule has 10 nitrogen and oxygen atoms in total. The van der Waals surface area contributed by atoms with Crippen molar-refractivity contribution in [3.05, 3.63) is 66.0 Å². The molecular weight excluding hydrogens is 502 g/mol. The first-order chi connectivity index (χ1) is 17.8. The summed E-state index contributed by atoms with van der Waals surface area (Å²) in [5.41, 5.74) is 0.830. The molecule has 1 fully saturated rings. The van der Waals surface area contributed by atoms with E-state index in [4.69, 9.17) is 16.4 Å². The van der Waals surface area contributed by atoms with E-state index in [1.54, 1.807) is 41.5 Å². The summed E-state index contributed by atoms with van der Waals surface area (Å²) in [5, 5.41) is 11.7. The summed E-state index contributed by atoms with van der Waals surface area (Å²) in [7, 11) is 1.93. The predicted octanol–water partition coefficient (Wildman–Crippen LogP) is 3.73. The first kappa shape index (κ1) is 24.7. The zero-order valence-corrected chi connectivity index (χ0v) is 20.7. The van der Waals surface area contributed by atoms with Gasteiger partial charge in [0.25, 0.3) is 5.91 Å². The quantitative estimate of drug-likeness (QED) is 0.277. The maximum atomic E-state index is 13.3. The van der Waals surface area contributed by atoms with Gasteiger partial charge in [0.2, 0.25) is 6.54 Å². The van der Waals surface area contributed by atoms with Gasteiger partial charge >= 0.3 is 6.61 Å². The monoisotopic (exact) mass is 524 g/mol. The van der Waals surface area contributed by atoms with Gasteiger partial charge in [-0.05, 0) is 37.6 Å². The second-order valence-corrected chi connectivity index (χ2v) is 9.57. The van der Waals surface area contributed by atoms with Crippen molar-refractivity contribution in [1.29, 1.82) is 0 Å². The summed E-state index contributed by atoms with van der Waals surface area (Å²) < 4.78 is 34.5. The number of likely N-dealkylation sites (tertiary alicyclic amines) is 1. The lowest BCUT2D eigenvalue weighted by molar-refractivity contribution is -0.0495. The molecule has 1 aliphatic heterocycles. The minimum absolute atomic E-state index is 0.0730. The molecule has 1 saturated heterocycles. The summed E-state index contributed by atoms with van der Waals surface area (Å²) in [6.07, 6.45) is 8.14. The number of thioether (sulfide) groups is 1. The third kappa shape index (κ3) is 4.61. The third-order valence-electron chi connectivity index (χ3n) is 6.13. The third-order valence-corrected chi connectivity index (χ3v) is 6.86. The van der Waals surface area contributed by atoms with Gasteiger partial charge < -0.3 is 19.8 Å². The van der Waals surface area contributed by atoms with Crippen LogP contribution in [0.15, 0.2) is 53.9 Å². The van der Waals surface area contributed by atoms with Crippen LogP contribution in [0.1, 0.15) is 10.4 Å². The topological polar surface area (TPSA) is 93.9 Å². The van der Waals surface area contributed by atoms with Crippen molar-refractivity contribution in [3.8, 4) is 17.0 Å². The summed E-state index contributed by atoms with van der Waals surface area (Å²) in [5.74, 6) is -0.562. The lowest BCUT2D eigenvalue weighted by Gasteiger charge is -2.44. The van der Waals surface area contributed by atoms with Crippen LogP contribution in [-0.2, 0) is 5.54 Å². The number of hydrogen-bond donors (Lipinski definition) is 1. The Morgan fingerprint density at radius 2 is 2.19 bits per heavy atom. The lowest BCUT2D eigenvalue weighted by Crippen LogP contribution is -2.62. The molecule has 0 atom stereocenters. The van der Waals surface area contributed by atoms with Gasteiger partial charge in [0.15, 0.2) is 11.2 Å². The molecule has 0 radical (unpaired) electrons. The molecule has 37 heavy (non-hydrogen) atoms. The van der Waals surface area contributed by atoms with Gasteiger partial charge in [-0.25, -0.2) is 16.1 Å². The van der Waals surface area contributed by atoms with Crippen LogP contribution in [-0.4, -0.2) is 74.7 Å². The Bertz CT molecular complexity index is 1510. The number of halogens is 2. The highest BCUT2D eigenvalue weighted by Gasteiger charge is 2.47. The second kappa shape index (κ2) is 9.79. The fourth-order valence-corrected chi connectivity index (χ4v) is 4.97. The van der Waals surface area contributed by atoms with Crippen LogP contribution in [0.5, 0.6) is 5.75 Å². The molecule has 0 saturated carbocycles. The Morgan fingerprint density at radius 3 is 2.89 bits per heavy atom. The maximum absolute atomic E-state index is 13.3. The molecule has 1 N–H and O–H groups in total. The largest absolute Gasteiger partial charge is 0.434 e. The highest BCUT2D eigenvalue weighted by Crippen LogP contribution is 2.40. The Balaban J connectivity index is 1.62. The van der Waals surface area contributed by atoms with Crippen molar-refractivity contribution in [1.82, 2.24) is 29.3 Å². The predicted molar refractivity (Wildman–Crippen MR) is 134 cm³/mol. The van der Waals surface area contributed by atoms with Crippen LogP contribution >= 0.6 is 11.8 Å². The molecule has 0 bridgehead atoms. The fourth-order valence-electron chi connectivity index (χ4n) is 4.53. The molecule has 1 amide bonds. The SMILES string of the molecule is [C-]#[N+]CC1(n2cc(NC(=O)c3cnn4cccnc34)c(-c3cc(SC)ccc3OC(F)F)n2)CN(C)C1. The molecule has 3 aromatic heterocycles. The Kier molecular flexibility index (Phi) is 6.53. The van der Waals surface area contributed by atoms with E-state index in [1.807, 2.05) is 13.3 Å². The van der Waals surface area contributed by atoms with Crippen molar-refractivity contribution in [2.45, 2.75) is 17.0 Å². The van der Waals surface area contributed by atoms with E-state index in [-0.39, 0.29) is 29.2 Å². The first-order valence-electron chi connectivity index (χ1n) is 11.2. The molecule has 0 aliphatic carbocycles. The average molecular weight is 525 g/mol. The fraction of sp³-hybridized carbons (Fsp3) is 0.292. The van der Waals surface area contributed by atoms with Crippen molar-refractivity contribution >= 4 is 29.0 Å². The Morgan fingerprint density at radius 1 is 1.38 bits per heavy atom. The zero-order chi connectivity index (χ0) is 26.2. The first-order valence-corrected chi connectivity index (χ1v) is 12.4. The van der Waals surface area contributed by atoms with Crippen LogP contribution in [0, 0.1) is 6.57 Å². The van der Waals surface area contributed by atoms with Crippen molar-refractivity contribution in [2.75, 3.05) is 38.3 Å². The Hall–Kier alpha value is -4.02. The molecule has 4 heterocycles. The summed E-state index contributed by atoms with van der Waals surface area (Å²) >= 11 is 1.43. The number of amides is 1. The van der Waals surface area contributed by atoms with E-state index in [1.165, 1.54) is 28.5 Å². The molecular formula is C24H22F2N8O2S. The number of carbonyl (C=O) groups excluding carboxylic acids is 1. The number of likely N-dealkylation sites (N-methyl/N-ethyl adjacent to an activating group) is 1. The number of benzene rings is 1. The molecule has 1 aromatic carbocycles. The van der Waals surface area contributed by atoms with Crippen molar-refractivity contribution in [2.24, 2.45) is 0 Å². The van der Waals surface area contributed by atoms with Crippen LogP contribution in [0.2, 0.25) is 0 Å². The van der Waals surface area contributed by atoms with E-state index in [0.717, 1.165) is 4.90 Å². The van der Waals surface area contributed by atoms with Gasteiger partial charge in [0, 0.05) is 35.9 Å². The minimum atomic E-state index is -3.04. The molecule has 190 valence electrons. The average Bonchev–Trinajstić information content (AvgIpc) is 3.47. The lowest BCUT2D eigenvalue weighted by atomic mass is 9.91. The number of carbonyl (C=O) groups is 1. The number of nitrogens with zero attached hydrogens (tertiary/aromatic N) is 7. The van der Waals surface area contributed by atoms with Crippen LogP contribution in [0.25, 0.3) is 21.7 Å². The highest BCUT2D eigenvalue weighted by molar-refractivity contribution is 7.98. The normalized spacial score (nSPS) is 14.9. The summed E-state index contributed by atoms with van der Waals surface area (Å²) in [4.78, 5) is 24.0. The number of anilines is 1.